The van der Waals surface area contributed by atoms with Gasteiger partial charge in [0.2, 0.25) is 0 Å². The first-order valence-electron chi connectivity index (χ1n) is 9.28. The molecule has 4 rings (SSSR count). The van der Waals surface area contributed by atoms with E-state index in [1.54, 1.807) is 42.6 Å². The molecular formula is C23H16IN3O4. The predicted molar refractivity (Wildman–Crippen MR) is 127 cm³/mol. The lowest BCUT2D eigenvalue weighted by atomic mass is 10.2. The molecule has 0 aliphatic rings. The lowest BCUT2D eigenvalue weighted by molar-refractivity contribution is -0.139. The second-order valence-corrected chi connectivity index (χ2v) is 7.71. The van der Waals surface area contributed by atoms with E-state index in [1.807, 2.05) is 36.4 Å². The maximum Gasteiger partial charge on any atom is 0.341 e. The smallest absolute Gasteiger partial charge is 0.341 e. The number of carboxylic acids is 1. The Balaban J connectivity index is 1.76. The largest absolute Gasteiger partial charge is 0.481 e. The standard InChI is InChI=1S/C23H16IN3O4/c24-18-12-15(10-11-20(18)31-14-21(28)29)13-25-27-22(16-6-2-1-3-7-16)26-19-9-5-4-8-17(19)23(27)30/h1-13H,14H2,(H,28,29). The first-order chi connectivity index (χ1) is 15.0. The minimum absolute atomic E-state index is 0.267. The molecule has 1 heterocycles. The Bertz CT molecular complexity index is 1350. The number of aromatic nitrogens is 2. The minimum atomic E-state index is -1.04. The summed E-state index contributed by atoms with van der Waals surface area (Å²) in [5.41, 5.74) is 1.84. The van der Waals surface area contributed by atoms with Crippen molar-refractivity contribution < 1.29 is 14.6 Å². The number of halogens is 1. The minimum Gasteiger partial charge on any atom is -0.481 e. The summed E-state index contributed by atoms with van der Waals surface area (Å²) >= 11 is 2.06. The molecule has 3 aromatic carbocycles. The van der Waals surface area contributed by atoms with Gasteiger partial charge in [-0.1, -0.05) is 42.5 Å². The molecule has 154 valence electrons. The van der Waals surface area contributed by atoms with Crippen molar-refractivity contribution in [1.29, 1.82) is 0 Å². The van der Waals surface area contributed by atoms with Crippen LogP contribution in [0.2, 0.25) is 0 Å². The first kappa shape index (κ1) is 20.7. The summed E-state index contributed by atoms with van der Waals surface area (Å²) in [5.74, 6) is -0.135. The number of benzene rings is 3. The van der Waals surface area contributed by atoms with Gasteiger partial charge in [0, 0.05) is 5.56 Å². The topological polar surface area (TPSA) is 93.8 Å². The third kappa shape index (κ3) is 4.64. The molecule has 0 atom stereocenters. The van der Waals surface area contributed by atoms with Crippen molar-refractivity contribution >= 4 is 45.7 Å². The van der Waals surface area contributed by atoms with Gasteiger partial charge in [-0.25, -0.2) is 9.78 Å². The fraction of sp³-hybridized carbons (Fsp3) is 0.0435. The fourth-order valence-corrected chi connectivity index (χ4v) is 3.68. The van der Waals surface area contributed by atoms with E-state index in [1.165, 1.54) is 4.68 Å². The van der Waals surface area contributed by atoms with Gasteiger partial charge in [0.05, 0.1) is 20.7 Å². The molecule has 0 radical (unpaired) electrons. The highest BCUT2D eigenvalue weighted by atomic mass is 127. The highest BCUT2D eigenvalue weighted by Crippen LogP contribution is 2.22. The summed E-state index contributed by atoms with van der Waals surface area (Å²) in [6, 6.07) is 21.8. The molecule has 1 N–H and O–H groups in total. The van der Waals surface area contributed by atoms with Crippen molar-refractivity contribution in [3.63, 3.8) is 0 Å². The molecule has 0 amide bonds. The van der Waals surface area contributed by atoms with Crippen LogP contribution in [-0.4, -0.2) is 33.6 Å². The molecule has 4 aromatic rings. The number of ether oxygens (including phenoxy) is 1. The summed E-state index contributed by atoms with van der Waals surface area (Å²) in [7, 11) is 0. The van der Waals surface area contributed by atoms with Crippen LogP contribution in [0.4, 0.5) is 0 Å². The predicted octanol–water partition coefficient (Wildman–Crippen LogP) is 4.01. The molecule has 0 aliphatic carbocycles. The third-order valence-corrected chi connectivity index (χ3v) is 5.26. The third-order valence-electron chi connectivity index (χ3n) is 4.42. The Hall–Kier alpha value is -3.53. The van der Waals surface area contributed by atoms with Gasteiger partial charge in [-0.05, 0) is 58.5 Å². The summed E-state index contributed by atoms with van der Waals surface area (Å²) in [6.45, 7) is -0.415. The van der Waals surface area contributed by atoms with Gasteiger partial charge in [-0.3, -0.25) is 4.79 Å². The first-order valence-corrected chi connectivity index (χ1v) is 10.4. The Kier molecular flexibility index (Phi) is 6.08. The number of para-hydroxylation sites is 1. The lowest BCUT2D eigenvalue weighted by Gasteiger charge is -2.09. The van der Waals surface area contributed by atoms with Crippen molar-refractivity contribution in [2.24, 2.45) is 5.10 Å². The number of nitrogens with zero attached hydrogens (tertiary/aromatic N) is 3. The fourth-order valence-electron chi connectivity index (χ4n) is 2.98. The molecule has 0 bridgehead atoms. The highest BCUT2D eigenvalue weighted by Gasteiger charge is 2.12. The number of fused-ring (bicyclic) bond motifs is 1. The quantitative estimate of drug-likeness (QED) is 0.303. The molecule has 7 nitrogen and oxygen atoms in total. The maximum atomic E-state index is 13.1. The van der Waals surface area contributed by atoms with Gasteiger partial charge in [-0.15, -0.1) is 0 Å². The van der Waals surface area contributed by atoms with Crippen LogP contribution in [0.1, 0.15) is 5.56 Å². The molecule has 0 spiro atoms. The average Bonchev–Trinajstić information content (AvgIpc) is 2.78. The van der Waals surface area contributed by atoms with Crippen LogP contribution >= 0.6 is 22.6 Å². The molecule has 0 saturated carbocycles. The summed E-state index contributed by atoms with van der Waals surface area (Å²) in [6.07, 6.45) is 1.56. The molecule has 8 heteroatoms. The number of carboxylic acid groups (broad SMARTS) is 1. The maximum absolute atomic E-state index is 13.1. The number of rotatable bonds is 6. The van der Waals surface area contributed by atoms with Gasteiger partial charge in [-0.2, -0.15) is 9.78 Å². The highest BCUT2D eigenvalue weighted by molar-refractivity contribution is 14.1. The van der Waals surface area contributed by atoms with Crippen LogP contribution in [0.15, 0.2) is 82.7 Å². The van der Waals surface area contributed by atoms with Crippen LogP contribution < -0.4 is 10.3 Å². The van der Waals surface area contributed by atoms with Gasteiger partial charge in [0.1, 0.15) is 5.75 Å². The lowest BCUT2D eigenvalue weighted by Crippen LogP contribution is -2.20. The molecular weight excluding hydrogens is 509 g/mol. The van der Waals surface area contributed by atoms with Crippen LogP contribution in [0.25, 0.3) is 22.3 Å². The Labute approximate surface area is 190 Å². The SMILES string of the molecule is O=C(O)COc1ccc(C=Nn2c(-c3ccccc3)nc3ccccc3c2=O)cc1I. The monoisotopic (exact) mass is 525 g/mol. The molecule has 0 saturated heterocycles. The van der Waals surface area contributed by atoms with Crippen molar-refractivity contribution in [2.75, 3.05) is 6.61 Å². The van der Waals surface area contributed by atoms with Crippen molar-refractivity contribution in [3.8, 4) is 17.1 Å². The van der Waals surface area contributed by atoms with E-state index in [-0.39, 0.29) is 5.56 Å². The van der Waals surface area contributed by atoms with Crippen LogP contribution in [0, 0.1) is 3.57 Å². The Morgan fingerprint density at radius 3 is 2.58 bits per heavy atom. The van der Waals surface area contributed by atoms with Crippen LogP contribution in [0.3, 0.4) is 0 Å². The number of carbonyl (C=O) groups is 1. The molecule has 31 heavy (non-hydrogen) atoms. The molecule has 0 fully saturated rings. The van der Waals surface area contributed by atoms with E-state index in [4.69, 9.17) is 9.84 Å². The van der Waals surface area contributed by atoms with E-state index in [2.05, 4.69) is 32.7 Å². The zero-order chi connectivity index (χ0) is 21.8. The van der Waals surface area contributed by atoms with E-state index in [0.717, 1.165) is 14.7 Å². The zero-order valence-corrected chi connectivity index (χ0v) is 18.3. The zero-order valence-electron chi connectivity index (χ0n) is 16.1. The van der Waals surface area contributed by atoms with E-state index in [0.29, 0.717) is 22.5 Å². The number of hydrogen-bond acceptors (Lipinski definition) is 5. The molecule has 0 unspecified atom stereocenters. The summed E-state index contributed by atoms with van der Waals surface area (Å²) in [4.78, 5) is 28.5. The van der Waals surface area contributed by atoms with E-state index >= 15 is 0 Å². The number of aliphatic carboxylic acids is 1. The van der Waals surface area contributed by atoms with Crippen molar-refractivity contribution in [3.05, 3.63) is 92.3 Å². The summed E-state index contributed by atoms with van der Waals surface area (Å²) in [5, 5.41) is 13.7. The van der Waals surface area contributed by atoms with Crippen molar-refractivity contribution in [1.82, 2.24) is 9.66 Å². The van der Waals surface area contributed by atoms with Crippen LogP contribution in [0.5, 0.6) is 5.75 Å². The number of hydrogen-bond donors (Lipinski definition) is 1. The second kappa shape index (κ2) is 9.09. The van der Waals surface area contributed by atoms with Crippen LogP contribution in [-0.2, 0) is 4.79 Å². The average molecular weight is 525 g/mol. The van der Waals surface area contributed by atoms with Gasteiger partial charge in [0.15, 0.2) is 12.4 Å². The molecule has 0 aliphatic heterocycles. The second-order valence-electron chi connectivity index (χ2n) is 6.55. The normalized spacial score (nSPS) is 11.1. The summed E-state index contributed by atoms with van der Waals surface area (Å²) < 4.78 is 7.27. The Morgan fingerprint density at radius 2 is 1.84 bits per heavy atom. The van der Waals surface area contributed by atoms with E-state index < -0.39 is 12.6 Å². The van der Waals surface area contributed by atoms with E-state index in [9.17, 15) is 9.59 Å². The van der Waals surface area contributed by atoms with Gasteiger partial charge in [0.25, 0.3) is 5.56 Å². The van der Waals surface area contributed by atoms with Crippen molar-refractivity contribution in [2.45, 2.75) is 0 Å². The Morgan fingerprint density at radius 1 is 1.10 bits per heavy atom. The molecule has 1 aromatic heterocycles. The van der Waals surface area contributed by atoms with Gasteiger partial charge >= 0.3 is 5.97 Å². The van der Waals surface area contributed by atoms with Gasteiger partial charge < -0.3 is 9.84 Å².